The first-order valence-corrected chi connectivity index (χ1v) is 10.7. The standard InChI is InChI=1S/C23H29N3S/c27-23(24-14-13-18-7-3-1-4-8-18)25-20-15-21-11-12-22(16-20)26(21)17-19-9-5-2-6-10-19/h1-10,20-22H,11-17H2,(H2,24,25,27)/p+1/t21-,22-/m1/s1. The number of nitrogens with one attached hydrogen (secondary N) is 3. The molecule has 4 heteroatoms. The number of benzene rings is 2. The fourth-order valence-corrected chi connectivity index (χ4v) is 5.14. The zero-order chi connectivity index (χ0) is 18.5. The molecule has 0 radical (unpaired) electrons. The highest BCUT2D eigenvalue weighted by atomic mass is 32.1. The number of fused-ring (bicyclic) bond motifs is 2. The Kier molecular flexibility index (Phi) is 6.05. The van der Waals surface area contributed by atoms with Crippen LogP contribution in [0, 0.1) is 0 Å². The fourth-order valence-electron chi connectivity index (χ4n) is 4.87. The summed E-state index contributed by atoms with van der Waals surface area (Å²) in [5, 5.41) is 7.81. The molecule has 0 aromatic heterocycles. The Bertz CT molecular complexity index is 720. The summed E-state index contributed by atoms with van der Waals surface area (Å²) in [5.41, 5.74) is 2.82. The summed E-state index contributed by atoms with van der Waals surface area (Å²) >= 11 is 5.55. The number of rotatable bonds is 6. The highest BCUT2D eigenvalue weighted by Crippen LogP contribution is 2.23. The van der Waals surface area contributed by atoms with Crippen molar-refractivity contribution in [1.82, 2.24) is 10.6 Å². The van der Waals surface area contributed by atoms with Crippen LogP contribution < -0.4 is 15.5 Å². The van der Waals surface area contributed by atoms with E-state index in [0.29, 0.717) is 6.04 Å². The summed E-state index contributed by atoms with van der Waals surface area (Å²) in [6.45, 7) is 2.06. The van der Waals surface area contributed by atoms with Gasteiger partial charge in [-0.05, 0) is 24.2 Å². The van der Waals surface area contributed by atoms with Gasteiger partial charge in [0, 0.05) is 43.8 Å². The van der Waals surface area contributed by atoms with E-state index in [1.807, 2.05) is 0 Å². The third-order valence-electron chi connectivity index (χ3n) is 6.18. The minimum Gasteiger partial charge on any atom is -0.362 e. The van der Waals surface area contributed by atoms with E-state index >= 15 is 0 Å². The van der Waals surface area contributed by atoms with E-state index in [1.54, 1.807) is 4.90 Å². The average molecular weight is 381 g/mol. The van der Waals surface area contributed by atoms with E-state index in [-0.39, 0.29) is 0 Å². The van der Waals surface area contributed by atoms with Gasteiger partial charge in [-0.25, -0.2) is 0 Å². The summed E-state index contributed by atoms with van der Waals surface area (Å²) in [7, 11) is 0. The first-order valence-electron chi connectivity index (χ1n) is 10.3. The molecule has 0 unspecified atom stereocenters. The quantitative estimate of drug-likeness (QED) is 0.673. The number of piperidine rings is 1. The molecule has 27 heavy (non-hydrogen) atoms. The molecule has 2 aromatic carbocycles. The van der Waals surface area contributed by atoms with Crippen LogP contribution in [0.4, 0.5) is 0 Å². The predicted molar refractivity (Wildman–Crippen MR) is 115 cm³/mol. The van der Waals surface area contributed by atoms with Gasteiger partial charge in [-0.3, -0.25) is 0 Å². The second kappa shape index (κ2) is 8.85. The fraction of sp³-hybridized carbons (Fsp3) is 0.435. The highest BCUT2D eigenvalue weighted by molar-refractivity contribution is 7.80. The Labute approximate surface area is 168 Å². The van der Waals surface area contributed by atoms with Gasteiger partial charge in [-0.2, -0.15) is 0 Å². The van der Waals surface area contributed by atoms with E-state index in [2.05, 4.69) is 71.3 Å². The number of quaternary nitrogens is 1. The van der Waals surface area contributed by atoms with Gasteiger partial charge in [0.15, 0.2) is 5.11 Å². The van der Waals surface area contributed by atoms with Crippen LogP contribution in [0.2, 0.25) is 0 Å². The van der Waals surface area contributed by atoms with Crippen LogP contribution in [0.1, 0.15) is 36.8 Å². The van der Waals surface area contributed by atoms with E-state index in [4.69, 9.17) is 12.2 Å². The van der Waals surface area contributed by atoms with Crippen molar-refractivity contribution >= 4 is 17.3 Å². The molecule has 0 spiro atoms. The van der Waals surface area contributed by atoms with E-state index < -0.39 is 0 Å². The lowest BCUT2D eigenvalue weighted by atomic mass is 9.96. The molecule has 3 N–H and O–H groups in total. The maximum absolute atomic E-state index is 5.55. The lowest BCUT2D eigenvalue weighted by Crippen LogP contribution is -3.17. The molecule has 142 valence electrons. The van der Waals surface area contributed by atoms with Gasteiger partial charge in [0.25, 0.3) is 0 Å². The topological polar surface area (TPSA) is 28.5 Å². The Morgan fingerprint density at radius 3 is 2.11 bits per heavy atom. The summed E-state index contributed by atoms with van der Waals surface area (Å²) < 4.78 is 0. The average Bonchev–Trinajstić information content (AvgIpc) is 2.92. The van der Waals surface area contributed by atoms with Crippen LogP contribution in [0.25, 0.3) is 0 Å². The van der Waals surface area contributed by atoms with Gasteiger partial charge in [0.2, 0.25) is 0 Å². The van der Waals surface area contributed by atoms with E-state index in [1.165, 1.54) is 43.4 Å². The van der Waals surface area contributed by atoms with Crippen molar-refractivity contribution < 1.29 is 4.90 Å². The highest BCUT2D eigenvalue weighted by Gasteiger charge is 2.44. The normalized spacial score (nSPS) is 26.5. The molecule has 2 bridgehead atoms. The first-order chi connectivity index (χ1) is 13.3. The Morgan fingerprint density at radius 1 is 0.889 bits per heavy atom. The molecule has 0 saturated carbocycles. The number of thiocarbonyl (C=S) groups is 1. The molecule has 0 amide bonds. The molecule has 3 nitrogen and oxygen atoms in total. The van der Waals surface area contributed by atoms with Crippen LogP contribution in [-0.4, -0.2) is 29.8 Å². The van der Waals surface area contributed by atoms with Crippen molar-refractivity contribution in [2.75, 3.05) is 6.54 Å². The van der Waals surface area contributed by atoms with Gasteiger partial charge in [-0.1, -0.05) is 60.7 Å². The molecule has 2 aliphatic heterocycles. The minimum absolute atomic E-state index is 0.527. The summed E-state index contributed by atoms with van der Waals surface area (Å²) in [5.74, 6) is 0. The molecule has 4 rings (SSSR count). The molecule has 2 atom stereocenters. The van der Waals surface area contributed by atoms with Crippen molar-refractivity contribution in [3.8, 4) is 0 Å². The van der Waals surface area contributed by atoms with Crippen LogP contribution in [0.5, 0.6) is 0 Å². The van der Waals surface area contributed by atoms with Gasteiger partial charge < -0.3 is 15.5 Å². The lowest BCUT2D eigenvalue weighted by molar-refractivity contribution is -0.954. The van der Waals surface area contributed by atoms with Crippen molar-refractivity contribution in [2.45, 2.75) is 56.8 Å². The van der Waals surface area contributed by atoms with Crippen molar-refractivity contribution in [3.63, 3.8) is 0 Å². The van der Waals surface area contributed by atoms with Crippen molar-refractivity contribution in [2.24, 2.45) is 0 Å². The Balaban J connectivity index is 1.23. The summed E-state index contributed by atoms with van der Waals surface area (Å²) in [6.07, 6.45) is 6.20. The molecule has 0 aliphatic carbocycles. The zero-order valence-corrected chi connectivity index (χ0v) is 16.7. The second-order valence-electron chi connectivity index (χ2n) is 8.01. The Morgan fingerprint density at radius 2 is 1.48 bits per heavy atom. The smallest absolute Gasteiger partial charge is 0.166 e. The molecular formula is C23H30N3S+. The number of hydrogen-bond donors (Lipinski definition) is 3. The molecule has 2 heterocycles. The summed E-state index contributed by atoms with van der Waals surface area (Å²) in [6, 6.07) is 23.6. The van der Waals surface area contributed by atoms with Crippen LogP contribution in [0.3, 0.4) is 0 Å². The SMILES string of the molecule is S=C(NCCc1ccccc1)NC1C[C@H]2CC[C@H](C1)[NH+]2Cc1ccccc1. The third kappa shape index (κ3) is 4.88. The maximum Gasteiger partial charge on any atom is 0.166 e. The van der Waals surface area contributed by atoms with Crippen LogP contribution in [0.15, 0.2) is 60.7 Å². The number of hydrogen-bond acceptors (Lipinski definition) is 1. The van der Waals surface area contributed by atoms with Gasteiger partial charge >= 0.3 is 0 Å². The van der Waals surface area contributed by atoms with Gasteiger partial charge in [-0.15, -0.1) is 0 Å². The molecule has 2 saturated heterocycles. The second-order valence-corrected chi connectivity index (χ2v) is 8.42. The molecular weight excluding hydrogens is 350 g/mol. The molecule has 2 aromatic rings. The van der Waals surface area contributed by atoms with Gasteiger partial charge in [0.05, 0.1) is 12.1 Å². The Hall–Kier alpha value is -1.91. The van der Waals surface area contributed by atoms with E-state index in [9.17, 15) is 0 Å². The minimum atomic E-state index is 0.527. The van der Waals surface area contributed by atoms with E-state index in [0.717, 1.165) is 30.2 Å². The van der Waals surface area contributed by atoms with Crippen LogP contribution in [-0.2, 0) is 13.0 Å². The first kappa shape index (κ1) is 18.5. The van der Waals surface area contributed by atoms with Crippen molar-refractivity contribution in [1.29, 1.82) is 0 Å². The maximum atomic E-state index is 5.55. The van der Waals surface area contributed by atoms with Crippen molar-refractivity contribution in [3.05, 3.63) is 71.8 Å². The third-order valence-corrected chi connectivity index (χ3v) is 6.44. The molecule has 2 aliphatic rings. The van der Waals surface area contributed by atoms with Gasteiger partial charge in [0.1, 0.15) is 6.54 Å². The predicted octanol–water partition coefficient (Wildman–Crippen LogP) is 2.47. The lowest BCUT2D eigenvalue weighted by Gasteiger charge is -2.36. The molecule has 2 fully saturated rings. The summed E-state index contributed by atoms with van der Waals surface area (Å²) in [4.78, 5) is 1.79. The zero-order valence-electron chi connectivity index (χ0n) is 15.9. The van der Waals surface area contributed by atoms with Crippen LogP contribution >= 0.6 is 12.2 Å². The largest absolute Gasteiger partial charge is 0.362 e. The monoisotopic (exact) mass is 380 g/mol.